The third kappa shape index (κ3) is 3.94. The molecule has 0 aliphatic rings. The Morgan fingerprint density at radius 3 is 2.81 bits per heavy atom. The maximum Gasteiger partial charge on any atom is 0.224 e. The summed E-state index contributed by atoms with van der Waals surface area (Å²) in [6.45, 7) is 4.67. The highest BCUT2D eigenvalue weighted by atomic mass is 19.1. The highest BCUT2D eigenvalue weighted by molar-refractivity contribution is 5.85. The van der Waals surface area contributed by atoms with Gasteiger partial charge in [0.25, 0.3) is 0 Å². The molecule has 3 aromatic heterocycles. The average Bonchev–Trinajstić information content (AvgIpc) is 3.32. The van der Waals surface area contributed by atoms with Crippen LogP contribution in [-0.2, 0) is 6.42 Å². The third-order valence-corrected chi connectivity index (χ3v) is 5.40. The van der Waals surface area contributed by atoms with Crippen LogP contribution in [0.4, 0.5) is 21.8 Å². The molecule has 0 bridgehead atoms. The van der Waals surface area contributed by atoms with Crippen molar-refractivity contribution < 1.29 is 4.39 Å². The minimum absolute atomic E-state index is 0.230. The van der Waals surface area contributed by atoms with E-state index in [0.717, 1.165) is 56.6 Å². The number of hydrogen-bond donors (Lipinski definition) is 4. The van der Waals surface area contributed by atoms with E-state index in [2.05, 4.69) is 48.8 Å². The van der Waals surface area contributed by atoms with Crippen LogP contribution in [-0.4, -0.2) is 26.5 Å². The number of aryl methyl sites for hydroxylation is 2. The van der Waals surface area contributed by atoms with Crippen LogP contribution < -0.4 is 10.6 Å². The van der Waals surface area contributed by atoms with Crippen molar-refractivity contribution in [1.29, 1.82) is 0 Å². The number of H-pyrrole nitrogens is 2. The Morgan fingerprint density at radius 2 is 1.90 bits per heavy atom. The first-order valence-electron chi connectivity index (χ1n) is 10.2. The lowest BCUT2D eigenvalue weighted by molar-refractivity contribution is 0.629. The van der Waals surface area contributed by atoms with Gasteiger partial charge in [0.15, 0.2) is 0 Å². The van der Waals surface area contributed by atoms with Crippen LogP contribution in [0, 0.1) is 19.7 Å². The highest BCUT2D eigenvalue weighted by Gasteiger charge is 2.08. The van der Waals surface area contributed by atoms with Crippen LogP contribution in [0.25, 0.3) is 21.8 Å². The van der Waals surface area contributed by atoms with Crippen molar-refractivity contribution in [2.45, 2.75) is 20.3 Å². The number of nitrogens with one attached hydrogen (secondary N) is 4. The summed E-state index contributed by atoms with van der Waals surface area (Å²) < 4.78 is 13.6. The van der Waals surface area contributed by atoms with Crippen LogP contribution in [0.3, 0.4) is 0 Å². The van der Waals surface area contributed by atoms with E-state index in [1.807, 2.05) is 26.1 Å². The van der Waals surface area contributed by atoms with Gasteiger partial charge in [-0.2, -0.15) is 4.98 Å². The van der Waals surface area contributed by atoms with Crippen LogP contribution in [0.5, 0.6) is 0 Å². The van der Waals surface area contributed by atoms with E-state index in [1.54, 1.807) is 18.3 Å². The predicted octanol–water partition coefficient (Wildman–Crippen LogP) is 5.59. The Labute approximate surface area is 178 Å². The number of benzene rings is 2. The zero-order chi connectivity index (χ0) is 21.4. The van der Waals surface area contributed by atoms with Crippen LogP contribution in [0.2, 0.25) is 0 Å². The van der Waals surface area contributed by atoms with Crippen LogP contribution in [0.15, 0.2) is 54.9 Å². The number of fused-ring (bicyclic) bond motifs is 2. The number of aromatic amines is 2. The molecule has 5 rings (SSSR count). The van der Waals surface area contributed by atoms with Gasteiger partial charge in [-0.3, -0.25) is 0 Å². The zero-order valence-corrected chi connectivity index (χ0v) is 17.4. The summed E-state index contributed by atoms with van der Waals surface area (Å²) in [5, 5.41) is 8.73. The third-order valence-electron chi connectivity index (χ3n) is 5.40. The minimum atomic E-state index is -0.230. The van der Waals surface area contributed by atoms with Gasteiger partial charge >= 0.3 is 0 Å². The molecule has 0 fully saturated rings. The number of aromatic nitrogens is 4. The molecule has 156 valence electrons. The molecule has 6 nitrogen and oxygen atoms in total. The van der Waals surface area contributed by atoms with Gasteiger partial charge < -0.3 is 20.6 Å². The molecule has 7 heteroatoms. The lowest BCUT2D eigenvalue weighted by Crippen LogP contribution is -2.09. The van der Waals surface area contributed by atoms with Gasteiger partial charge in [-0.1, -0.05) is 0 Å². The second-order valence-electron chi connectivity index (χ2n) is 7.79. The number of halogens is 1. The van der Waals surface area contributed by atoms with Gasteiger partial charge in [0.1, 0.15) is 11.6 Å². The first-order valence-corrected chi connectivity index (χ1v) is 10.2. The lowest BCUT2D eigenvalue weighted by Gasteiger charge is -2.11. The van der Waals surface area contributed by atoms with E-state index in [1.165, 1.54) is 6.07 Å². The standard InChI is InChI=1S/C24H23FN6/c1-14-12-28-24(26-8-7-16-13-27-22-5-3-18(25)11-20(16)22)31-23(14)30-19-4-6-21-17(10-19)9-15(2)29-21/h3-6,9-13,27,29H,7-8H2,1-2H3,(H2,26,28,30,31). The molecule has 0 spiro atoms. The first-order chi connectivity index (χ1) is 15.0. The maximum absolute atomic E-state index is 13.6. The van der Waals surface area contributed by atoms with Gasteiger partial charge in [-0.25, -0.2) is 9.37 Å². The highest BCUT2D eigenvalue weighted by Crippen LogP contribution is 2.24. The Morgan fingerprint density at radius 1 is 1.03 bits per heavy atom. The normalized spacial score (nSPS) is 11.3. The molecule has 0 aliphatic carbocycles. The molecule has 31 heavy (non-hydrogen) atoms. The van der Waals surface area contributed by atoms with Crippen molar-refractivity contribution in [2.24, 2.45) is 0 Å². The zero-order valence-electron chi connectivity index (χ0n) is 17.4. The quantitative estimate of drug-likeness (QED) is 0.292. The summed E-state index contributed by atoms with van der Waals surface area (Å²) in [6, 6.07) is 13.1. The smallest absolute Gasteiger partial charge is 0.224 e. The largest absolute Gasteiger partial charge is 0.361 e. The van der Waals surface area contributed by atoms with Gasteiger partial charge in [0, 0.05) is 57.7 Å². The fourth-order valence-corrected chi connectivity index (χ4v) is 3.81. The molecule has 0 radical (unpaired) electrons. The topological polar surface area (TPSA) is 81.4 Å². The molecule has 0 atom stereocenters. The molecule has 0 saturated heterocycles. The fourth-order valence-electron chi connectivity index (χ4n) is 3.81. The number of anilines is 3. The van der Waals surface area contributed by atoms with Crippen molar-refractivity contribution in [2.75, 3.05) is 17.2 Å². The Balaban J connectivity index is 1.29. The van der Waals surface area contributed by atoms with E-state index in [0.29, 0.717) is 12.5 Å². The van der Waals surface area contributed by atoms with Crippen LogP contribution >= 0.6 is 0 Å². The molecule has 0 amide bonds. The molecule has 4 N–H and O–H groups in total. The van der Waals surface area contributed by atoms with Gasteiger partial charge in [-0.15, -0.1) is 0 Å². The summed E-state index contributed by atoms with van der Waals surface area (Å²) in [7, 11) is 0. The summed E-state index contributed by atoms with van der Waals surface area (Å²) in [6.07, 6.45) is 4.46. The molecule has 0 saturated carbocycles. The second kappa shape index (κ2) is 7.75. The molecule has 0 unspecified atom stereocenters. The monoisotopic (exact) mass is 414 g/mol. The minimum Gasteiger partial charge on any atom is -0.361 e. The van der Waals surface area contributed by atoms with Crippen molar-refractivity contribution >= 4 is 39.3 Å². The number of rotatable bonds is 6. The van der Waals surface area contributed by atoms with Gasteiger partial charge in [-0.05, 0) is 68.3 Å². The molecule has 5 aromatic rings. The number of hydrogen-bond acceptors (Lipinski definition) is 4. The molecule has 3 heterocycles. The van der Waals surface area contributed by atoms with Gasteiger partial charge in [0.2, 0.25) is 5.95 Å². The van der Waals surface area contributed by atoms with Gasteiger partial charge in [0.05, 0.1) is 0 Å². The van der Waals surface area contributed by atoms with E-state index < -0.39 is 0 Å². The lowest BCUT2D eigenvalue weighted by atomic mass is 10.1. The fraction of sp³-hybridized carbons (Fsp3) is 0.167. The Hall–Kier alpha value is -3.87. The van der Waals surface area contributed by atoms with Crippen molar-refractivity contribution in [3.05, 3.63) is 77.5 Å². The Bertz CT molecular complexity index is 1380. The van der Waals surface area contributed by atoms with E-state index in [4.69, 9.17) is 0 Å². The Kier molecular flexibility index (Phi) is 4.78. The average molecular weight is 414 g/mol. The molecular formula is C24H23FN6. The summed E-state index contributed by atoms with van der Waals surface area (Å²) >= 11 is 0. The van der Waals surface area contributed by atoms with Crippen LogP contribution in [0.1, 0.15) is 16.8 Å². The van der Waals surface area contributed by atoms with Crippen molar-refractivity contribution in [3.63, 3.8) is 0 Å². The summed E-state index contributed by atoms with van der Waals surface area (Å²) in [4.78, 5) is 15.5. The molecular weight excluding hydrogens is 391 g/mol. The first kappa shape index (κ1) is 19.1. The number of nitrogens with zero attached hydrogens (tertiary/aromatic N) is 2. The maximum atomic E-state index is 13.6. The van der Waals surface area contributed by atoms with E-state index in [9.17, 15) is 4.39 Å². The van der Waals surface area contributed by atoms with E-state index >= 15 is 0 Å². The molecule has 0 aliphatic heterocycles. The SMILES string of the molecule is Cc1cc2cc(Nc3nc(NCCc4c[nH]c5ccc(F)cc45)ncc3C)ccc2[nH]1. The summed E-state index contributed by atoms with van der Waals surface area (Å²) in [5.41, 5.74) is 6.17. The summed E-state index contributed by atoms with van der Waals surface area (Å²) in [5.74, 6) is 1.09. The van der Waals surface area contributed by atoms with Crippen molar-refractivity contribution in [1.82, 2.24) is 19.9 Å². The van der Waals surface area contributed by atoms with Crippen molar-refractivity contribution in [3.8, 4) is 0 Å². The predicted molar refractivity (Wildman–Crippen MR) is 124 cm³/mol. The second-order valence-corrected chi connectivity index (χ2v) is 7.79. The molecule has 2 aromatic carbocycles. The van der Waals surface area contributed by atoms with E-state index in [-0.39, 0.29) is 5.82 Å².